The number of rotatable bonds is 2. The summed E-state index contributed by atoms with van der Waals surface area (Å²) < 4.78 is 20.1. The van der Waals surface area contributed by atoms with Crippen molar-refractivity contribution >= 4 is 31.9 Å². The van der Waals surface area contributed by atoms with E-state index in [0.29, 0.717) is 16.1 Å². The predicted molar refractivity (Wildman–Crippen MR) is 70.8 cm³/mol. The van der Waals surface area contributed by atoms with E-state index in [0.717, 1.165) is 10.0 Å². The number of pyridine rings is 1. The topological polar surface area (TPSA) is 22.1 Å². The minimum Gasteiger partial charge on any atom is -0.438 e. The molecule has 2 rings (SSSR count). The lowest BCUT2D eigenvalue weighted by atomic mass is 10.3. The Bertz CT molecular complexity index is 540. The second kappa shape index (κ2) is 5.14. The van der Waals surface area contributed by atoms with Gasteiger partial charge in [-0.15, -0.1) is 0 Å². The molecule has 0 spiro atoms. The van der Waals surface area contributed by atoms with Gasteiger partial charge in [0.05, 0.1) is 4.47 Å². The molecule has 0 unspecified atom stereocenters. The highest BCUT2D eigenvalue weighted by Gasteiger charge is 2.08. The zero-order valence-electron chi connectivity index (χ0n) is 8.88. The van der Waals surface area contributed by atoms with Crippen LogP contribution < -0.4 is 4.74 Å². The van der Waals surface area contributed by atoms with Gasteiger partial charge in [-0.2, -0.15) is 0 Å². The third kappa shape index (κ3) is 3.04. The molecule has 1 aromatic heterocycles. The molecule has 0 atom stereocenters. The van der Waals surface area contributed by atoms with E-state index in [1.54, 1.807) is 12.3 Å². The Morgan fingerprint density at radius 2 is 2.00 bits per heavy atom. The summed E-state index contributed by atoms with van der Waals surface area (Å²) in [6.45, 7) is 1.93. The summed E-state index contributed by atoms with van der Waals surface area (Å²) in [5.41, 5.74) is 1.01. The van der Waals surface area contributed by atoms with E-state index in [2.05, 4.69) is 36.8 Å². The molecule has 0 aliphatic carbocycles. The molecule has 0 radical (unpaired) electrons. The molecule has 0 amide bonds. The van der Waals surface area contributed by atoms with Crippen LogP contribution in [-0.4, -0.2) is 4.98 Å². The van der Waals surface area contributed by atoms with Gasteiger partial charge in [0.2, 0.25) is 5.88 Å². The largest absolute Gasteiger partial charge is 0.438 e. The first kappa shape index (κ1) is 12.5. The van der Waals surface area contributed by atoms with Crippen LogP contribution in [0.1, 0.15) is 5.56 Å². The van der Waals surface area contributed by atoms with Crippen LogP contribution in [-0.2, 0) is 0 Å². The van der Waals surface area contributed by atoms with Gasteiger partial charge < -0.3 is 4.74 Å². The highest BCUT2D eigenvalue weighted by molar-refractivity contribution is 9.10. The molecule has 0 fully saturated rings. The minimum absolute atomic E-state index is 0.363. The molecule has 88 valence electrons. The number of halogens is 3. The van der Waals surface area contributed by atoms with E-state index in [1.165, 1.54) is 12.1 Å². The third-order valence-corrected chi connectivity index (χ3v) is 3.52. The fourth-order valence-corrected chi connectivity index (χ4v) is 2.05. The van der Waals surface area contributed by atoms with Gasteiger partial charge in [0.15, 0.2) is 0 Å². The Balaban J connectivity index is 2.34. The molecule has 1 heterocycles. The van der Waals surface area contributed by atoms with E-state index >= 15 is 0 Å². The summed E-state index contributed by atoms with van der Waals surface area (Å²) in [6.07, 6.45) is 1.64. The monoisotopic (exact) mass is 359 g/mol. The Morgan fingerprint density at radius 3 is 2.71 bits per heavy atom. The maximum atomic E-state index is 13.2. The molecule has 0 aliphatic rings. The molecule has 0 saturated carbocycles. The van der Waals surface area contributed by atoms with Gasteiger partial charge >= 0.3 is 0 Å². The lowest BCUT2D eigenvalue weighted by Gasteiger charge is -2.08. The molecule has 2 nitrogen and oxygen atoms in total. The summed E-state index contributed by atoms with van der Waals surface area (Å²) >= 11 is 6.59. The summed E-state index contributed by atoms with van der Waals surface area (Å²) in [7, 11) is 0. The number of hydrogen-bond acceptors (Lipinski definition) is 2. The summed E-state index contributed by atoms with van der Waals surface area (Å²) in [4.78, 5) is 4.09. The normalized spacial score (nSPS) is 10.4. The van der Waals surface area contributed by atoms with Crippen molar-refractivity contribution in [2.75, 3.05) is 0 Å². The van der Waals surface area contributed by atoms with Crippen molar-refractivity contribution in [3.8, 4) is 11.6 Å². The number of aromatic nitrogens is 1. The van der Waals surface area contributed by atoms with Gasteiger partial charge in [-0.05, 0) is 46.6 Å². The molecule has 0 N–H and O–H groups in total. The van der Waals surface area contributed by atoms with Crippen LogP contribution >= 0.6 is 31.9 Å². The molecule has 1 aromatic carbocycles. The van der Waals surface area contributed by atoms with Crippen molar-refractivity contribution in [2.24, 2.45) is 0 Å². The second-order valence-corrected chi connectivity index (χ2v) is 5.16. The predicted octanol–water partition coefficient (Wildman–Crippen LogP) is 4.85. The second-order valence-electron chi connectivity index (χ2n) is 3.45. The van der Waals surface area contributed by atoms with E-state index in [1.807, 2.05) is 13.0 Å². The number of nitrogens with zero attached hydrogens (tertiary/aromatic N) is 1. The molecule has 17 heavy (non-hydrogen) atoms. The number of aryl methyl sites for hydroxylation is 1. The van der Waals surface area contributed by atoms with Crippen molar-refractivity contribution in [3.05, 3.63) is 50.8 Å². The smallest absolute Gasteiger partial charge is 0.233 e. The van der Waals surface area contributed by atoms with Gasteiger partial charge in [0.25, 0.3) is 0 Å². The van der Waals surface area contributed by atoms with Crippen LogP contribution in [0.5, 0.6) is 11.6 Å². The van der Waals surface area contributed by atoms with E-state index in [4.69, 9.17) is 4.74 Å². The lowest BCUT2D eigenvalue weighted by molar-refractivity contribution is 0.454. The van der Waals surface area contributed by atoms with Gasteiger partial charge in [-0.3, -0.25) is 0 Å². The van der Waals surface area contributed by atoms with Gasteiger partial charge in [0.1, 0.15) is 11.6 Å². The van der Waals surface area contributed by atoms with Gasteiger partial charge in [0, 0.05) is 16.7 Å². The van der Waals surface area contributed by atoms with Crippen LogP contribution in [0.4, 0.5) is 4.39 Å². The third-order valence-electron chi connectivity index (χ3n) is 2.10. The maximum Gasteiger partial charge on any atom is 0.233 e. The Morgan fingerprint density at radius 1 is 1.24 bits per heavy atom. The standard InChI is InChI=1S/C12H8Br2FNO/c1-7-2-3-16-12(11(7)14)17-10-5-8(13)4-9(15)6-10/h2-6H,1H3. The summed E-state index contributed by atoms with van der Waals surface area (Å²) in [6, 6.07) is 6.21. The van der Waals surface area contributed by atoms with Crippen LogP contribution in [0, 0.1) is 12.7 Å². The van der Waals surface area contributed by atoms with Gasteiger partial charge in [-0.25, -0.2) is 9.37 Å². The summed E-state index contributed by atoms with van der Waals surface area (Å²) in [5.74, 6) is 0.455. The number of benzene rings is 1. The van der Waals surface area contributed by atoms with Crippen molar-refractivity contribution in [1.82, 2.24) is 4.98 Å². The highest BCUT2D eigenvalue weighted by atomic mass is 79.9. The van der Waals surface area contributed by atoms with Crippen LogP contribution in [0.25, 0.3) is 0 Å². The Hall–Kier alpha value is -0.940. The number of ether oxygens (including phenoxy) is 1. The van der Waals surface area contributed by atoms with E-state index in [9.17, 15) is 4.39 Å². The molecule has 0 aliphatic heterocycles. The molecular weight excluding hydrogens is 353 g/mol. The first-order valence-corrected chi connectivity index (χ1v) is 6.40. The highest BCUT2D eigenvalue weighted by Crippen LogP contribution is 2.31. The molecule has 0 saturated heterocycles. The SMILES string of the molecule is Cc1ccnc(Oc2cc(F)cc(Br)c2)c1Br. The van der Waals surface area contributed by atoms with Crippen molar-refractivity contribution < 1.29 is 9.13 Å². The Labute approximate surface area is 115 Å². The fraction of sp³-hybridized carbons (Fsp3) is 0.0833. The average molecular weight is 361 g/mol. The molecule has 0 bridgehead atoms. The molecular formula is C12H8Br2FNO. The zero-order valence-corrected chi connectivity index (χ0v) is 12.0. The average Bonchev–Trinajstić information content (AvgIpc) is 2.23. The van der Waals surface area contributed by atoms with Crippen molar-refractivity contribution in [1.29, 1.82) is 0 Å². The fourth-order valence-electron chi connectivity index (χ4n) is 1.29. The van der Waals surface area contributed by atoms with Gasteiger partial charge in [-0.1, -0.05) is 15.9 Å². The molecule has 5 heteroatoms. The minimum atomic E-state index is -0.363. The van der Waals surface area contributed by atoms with E-state index in [-0.39, 0.29) is 5.82 Å². The van der Waals surface area contributed by atoms with Crippen LogP contribution in [0.15, 0.2) is 39.4 Å². The van der Waals surface area contributed by atoms with Crippen molar-refractivity contribution in [3.63, 3.8) is 0 Å². The quantitative estimate of drug-likeness (QED) is 0.763. The van der Waals surface area contributed by atoms with Crippen LogP contribution in [0.2, 0.25) is 0 Å². The number of hydrogen-bond donors (Lipinski definition) is 0. The zero-order chi connectivity index (χ0) is 12.4. The first-order valence-electron chi connectivity index (χ1n) is 4.81. The van der Waals surface area contributed by atoms with E-state index < -0.39 is 0 Å². The summed E-state index contributed by atoms with van der Waals surface area (Å²) in [5, 5.41) is 0. The van der Waals surface area contributed by atoms with Crippen LogP contribution in [0.3, 0.4) is 0 Å². The lowest BCUT2D eigenvalue weighted by Crippen LogP contribution is -1.91. The molecule has 2 aromatic rings. The van der Waals surface area contributed by atoms with Crippen molar-refractivity contribution in [2.45, 2.75) is 6.92 Å². The Kier molecular flexibility index (Phi) is 3.79. The first-order chi connectivity index (χ1) is 8.06. The maximum absolute atomic E-state index is 13.2.